The molecule has 1 saturated carbocycles. The first-order chi connectivity index (χ1) is 10.3. The van der Waals surface area contributed by atoms with Crippen molar-refractivity contribution in [2.75, 3.05) is 0 Å². The van der Waals surface area contributed by atoms with Gasteiger partial charge in [-0.3, -0.25) is 0 Å². The van der Waals surface area contributed by atoms with Gasteiger partial charge in [0.15, 0.2) is 0 Å². The summed E-state index contributed by atoms with van der Waals surface area (Å²) >= 11 is 2.18. The van der Waals surface area contributed by atoms with Gasteiger partial charge in [-0.15, -0.1) is 0 Å². The Morgan fingerprint density at radius 3 is 2.59 bits per heavy atom. The summed E-state index contributed by atoms with van der Waals surface area (Å²) in [7, 11) is 0. The first-order valence-corrected chi connectivity index (χ1v) is 8.78. The fourth-order valence-electron chi connectivity index (χ4n) is 2.73. The SMILES string of the molecule is CC(C)(C)OC(=O)N(Cc1cc(F)ccc1I)C1CCCC1. The molecule has 1 aromatic carbocycles. The van der Waals surface area contributed by atoms with E-state index in [-0.39, 0.29) is 18.0 Å². The first kappa shape index (κ1) is 17.5. The Bertz CT molecular complexity index is 536. The number of hydrogen-bond acceptors (Lipinski definition) is 2. The minimum Gasteiger partial charge on any atom is -0.444 e. The van der Waals surface area contributed by atoms with E-state index >= 15 is 0 Å². The number of halogens is 2. The quantitative estimate of drug-likeness (QED) is 0.638. The van der Waals surface area contributed by atoms with E-state index in [1.165, 1.54) is 12.1 Å². The molecule has 0 radical (unpaired) electrons. The Morgan fingerprint density at radius 2 is 2.00 bits per heavy atom. The molecule has 0 heterocycles. The van der Waals surface area contributed by atoms with Crippen molar-refractivity contribution < 1.29 is 13.9 Å². The number of carbonyl (C=O) groups excluding carboxylic acids is 1. The Kier molecular flexibility index (Phi) is 5.69. The summed E-state index contributed by atoms with van der Waals surface area (Å²) in [6.07, 6.45) is 3.93. The Morgan fingerprint density at radius 1 is 1.36 bits per heavy atom. The number of carbonyl (C=O) groups is 1. The van der Waals surface area contributed by atoms with Gasteiger partial charge in [0, 0.05) is 9.61 Å². The van der Waals surface area contributed by atoms with E-state index in [9.17, 15) is 9.18 Å². The second kappa shape index (κ2) is 7.15. The highest BCUT2D eigenvalue weighted by Crippen LogP contribution is 2.28. The fourth-order valence-corrected chi connectivity index (χ4v) is 3.23. The molecule has 2 rings (SSSR count). The maximum absolute atomic E-state index is 13.5. The van der Waals surface area contributed by atoms with Gasteiger partial charge < -0.3 is 9.64 Å². The molecule has 1 aromatic rings. The topological polar surface area (TPSA) is 29.5 Å². The number of ether oxygens (including phenoxy) is 1. The Hall–Kier alpha value is -0.850. The summed E-state index contributed by atoms with van der Waals surface area (Å²) in [6.45, 7) is 5.99. The minimum absolute atomic E-state index is 0.189. The zero-order chi connectivity index (χ0) is 16.3. The van der Waals surface area contributed by atoms with Crippen LogP contribution in [0.2, 0.25) is 0 Å². The smallest absolute Gasteiger partial charge is 0.410 e. The van der Waals surface area contributed by atoms with Crippen LogP contribution in [0.5, 0.6) is 0 Å². The summed E-state index contributed by atoms with van der Waals surface area (Å²) in [5, 5.41) is 0. The lowest BCUT2D eigenvalue weighted by atomic mass is 10.1. The molecule has 3 nitrogen and oxygen atoms in total. The first-order valence-electron chi connectivity index (χ1n) is 7.70. The second-order valence-electron chi connectivity index (χ2n) is 6.78. The molecule has 0 N–H and O–H groups in total. The van der Waals surface area contributed by atoms with E-state index in [1.807, 2.05) is 20.8 Å². The Labute approximate surface area is 145 Å². The van der Waals surface area contributed by atoms with Gasteiger partial charge in [0.2, 0.25) is 0 Å². The van der Waals surface area contributed by atoms with Gasteiger partial charge in [-0.05, 0) is 80.0 Å². The summed E-state index contributed by atoms with van der Waals surface area (Å²) in [5.74, 6) is -0.272. The zero-order valence-electron chi connectivity index (χ0n) is 13.4. The van der Waals surface area contributed by atoms with E-state index < -0.39 is 5.60 Å². The summed E-state index contributed by atoms with van der Waals surface area (Å²) in [6, 6.07) is 4.88. The maximum atomic E-state index is 13.5. The number of amides is 1. The number of nitrogens with zero attached hydrogens (tertiary/aromatic N) is 1. The van der Waals surface area contributed by atoms with Crippen molar-refractivity contribution in [3.63, 3.8) is 0 Å². The molecular formula is C17H23FINO2. The molecule has 0 spiro atoms. The van der Waals surface area contributed by atoms with Crippen molar-refractivity contribution in [3.05, 3.63) is 33.1 Å². The molecule has 0 unspecified atom stereocenters. The predicted molar refractivity (Wildman–Crippen MR) is 93.2 cm³/mol. The van der Waals surface area contributed by atoms with E-state index in [4.69, 9.17) is 4.74 Å². The predicted octanol–water partition coefficient (Wildman–Crippen LogP) is 5.11. The van der Waals surface area contributed by atoms with E-state index in [0.29, 0.717) is 6.54 Å². The van der Waals surface area contributed by atoms with Crippen LogP contribution in [0.25, 0.3) is 0 Å². The second-order valence-corrected chi connectivity index (χ2v) is 7.94. The van der Waals surface area contributed by atoms with Crippen LogP contribution in [0.15, 0.2) is 18.2 Å². The lowest BCUT2D eigenvalue weighted by Gasteiger charge is -2.32. The average Bonchev–Trinajstić information content (AvgIpc) is 2.91. The van der Waals surface area contributed by atoms with Crippen LogP contribution in [-0.2, 0) is 11.3 Å². The van der Waals surface area contributed by atoms with Crippen molar-refractivity contribution in [3.8, 4) is 0 Å². The molecule has 1 aliphatic carbocycles. The summed E-state index contributed by atoms with van der Waals surface area (Å²) in [5.41, 5.74) is 0.307. The Balaban J connectivity index is 2.20. The molecule has 0 bridgehead atoms. The molecule has 0 aromatic heterocycles. The third-order valence-corrected chi connectivity index (χ3v) is 4.79. The molecular weight excluding hydrogens is 396 g/mol. The largest absolute Gasteiger partial charge is 0.444 e. The highest BCUT2D eigenvalue weighted by Gasteiger charge is 2.30. The fraction of sp³-hybridized carbons (Fsp3) is 0.588. The standard InChI is InChI=1S/C17H23FINO2/c1-17(2,3)22-16(21)20(14-6-4-5-7-14)11-12-10-13(18)8-9-15(12)19/h8-10,14H,4-7,11H2,1-3H3. The molecule has 0 saturated heterocycles. The van der Waals surface area contributed by atoms with Crippen LogP contribution in [0.1, 0.15) is 52.0 Å². The number of rotatable bonds is 3. The van der Waals surface area contributed by atoms with Gasteiger partial charge >= 0.3 is 6.09 Å². The van der Waals surface area contributed by atoms with Crippen LogP contribution in [-0.4, -0.2) is 22.6 Å². The van der Waals surface area contributed by atoms with E-state index in [2.05, 4.69) is 22.6 Å². The van der Waals surface area contributed by atoms with Crippen molar-refractivity contribution >= 4 is 28.7 Å². The summed E-state index contributed by atoms with van der Waals surface area (Å²) in [4.78, 5) is 14.3. The number of hydrogen-bond donors (Lipinski definition) is 0. The van der Waals surface area contributed by atoms with E-state index in [1.54, 1.807) is 11.0 Å². The molecule has 22 heavy (non-hydrogen) atoms. The minimum atomic E-state index is -0.525. The normalized spacial score (nSPS) is 15.9. The lowest BCUT2D eigenvalue weighted by molar-refractivity contribution is 0.0144. The highest BCUT2D eigenvalue weighted by molar-refractivity contribution is 14.1. The lowest BCUT2D eigenvalue weighted by Crippen LogP contribution is -2.42. The maximum Gasteiger partial charge on any atom is 0.410 e. The molecule has 122 valence electrons. The van der Waals surface area contributed by atoms with Crippen molar-refractivity contribution in [2.45, 2.75) is 64.6 Å². The van der Waals surface area contributed by atoms with Gasteiger partial charge in [-0.2, -0.15) is 0 Å². The van der Waals surface area contributed by atoms with Gasteiger partial charge in [0.05, 0.1) is 6.54 Å². The van der Waals surface area contributed by atoms with Crippen molar-refractivity contribution in [1.29, 1.82) is 0 Å². The molecule has 1 aliphatic rings. The monoisotopic (exact) mass is 419 g/mol. The molecule has 1 amide bonds. The number of benzene rings is 1. The highest BCUT2D eigenvalue weighted by atomic mass is 127. The van der Waals surface area contributed by atoms with Crippen LogP contribution in [0.3, 0.4) is 0 Å². The molecule has 1 fully saturated rings. The third kappa shape index (κ3) is 4.83. The molecule has 0 aliphatic heterocycles. The van der Waals surface area contributed by atoms with Crippen LogP contribution >= 0.6 is 22.6 Å². The van der Waals surface area contributed by atoms with Crippen molar-refractivity contribution in [1.82, 2.24) is 4.90 Å². The third-order valence-electron chi connectivity index (χ3n) is 3.74. The average molecular weight is 419 g/mol. The van der Waals surface area contributed by atoms with E-state index in [0.717, 1.165) is 34.8 Å². The van der Waals surface area contributed by atoms with Crippen LogP contribution in [0.4, 0.5) is 9.18 Å². The summed E-state index contributed by atoms with van der Waals surface area (Å²) < 4.78 is 20.0. The molecule has 0 atom stereocenters. The zero-order valence-corrected chi connectivity index (χ0v) is 15.5. The van der Waals surface area contributed by atoms with Crippen LogP contribution in [0, 0.1) is 9.39 Å². The van der Waals surface area contributed by atoms with Gasteiger partial charge in [-0.25, -0.2) is 9.18 Å². The van der Waals surface area contributed by atoms with Gasteiger partial charge in [-0.1, -0.05) is 12.8 Å². The molecule has 5 heteroatoms. The van der Waals surface area contributed by atoms with Gasteiger partial charge in [0.25, 0.3) is 0 Å². The van der Waals surface area contributed by atoms with Gasteiger partial charge in [0.1, 0.15) is 11.4 Å². The van der Waals surface area contributed by atoms with Crippen LogP contribution < -0.4 is 0 Å². The van der Waals surface area contributed by atoms with Crippen molar-refractivity contribution in [2.24, 2.45) is 0 Å².